The Kier molecular flexibility index (Phi) is 7.85. The Morgan fingerprint density at radius 3 is 2.60 bits per heavy atom. The van der Waals surface area contributed by atoms with Gasteiger partial charge in [0.25, 0.3) is 5.91 Å². The number of benzene rings is 1. The Morgan fingerprint density at radius 1 is 1.20 bits per heavy atom. The summed E-state index contributed by atoms with van der Waals surface area (Å²) in [6.07, 6.45) is -3.71. The zero-order chi connectivity index (χ0) is 25.8. The third-order valence-electron chi connectivity index (χ3n) is 5.03. The number of aryl methyl sites for hydroxylation is 1. The van der Waals surface area contributed by atoms with Crippen LogP contribution in [0.4, 0.5) is 17.6 Å². The summed E-state index contributed by atoms with van der Waals surface area (Å²) in [5.41, 5.74) is 0.296. The molecule has 0 saturated carbocycles. The predicted octanol–water partition coefficient (Wildman–Crippen LogP) is 2.76. The number of methoxy groups -OCH3 is 1. The van der Waals surface area contributed by atoms with Gasteiger partial charge < -0.3 is 15.2 Å². The van der Waals surface area contributed by atoms with Crippen LogP contribution in [0.25, 0.3) is 5.69 Å². The van der Waals surface area contributed by atoms with Crippen LogP contribution in [0.3, 0.4) is 0 Å². The number of carbonyl (C=O) groups is 2. The zero-order valence-corrected chi connectivity index (χ0v) is 18.8. The second-order valence-corrected chi connectivity index (χ2v) is 7.58. The SMILES string of the molecule is COC(=O)Cc1c(C(=O)NCCO)c(C)nn1-c1ccnc(Cc2cc(F)cc(C(F)(F)F)c2)c1. The first-order chi connectivity index (χ1) is 16.5. The summed E-state index contributed by atoms with van der Waals surface area (Å²) in [6, 6.07) is 5.32. The number of aromatic nitrogens is 3. The van der Waals surface area contributed by atoms with Crippen LogP contribution < -0.4 is 5.32 Å². The summed E-state index contributed by atoms with van der Waals surface area (Å²) in [7, 11) is 1.19. The van der Waals surface area contributed by atoms with E-state index in [9.17, 15) is 27.2 Å². The molecule has 8 nitrogen and oxygen atoms in total. The van der Waals surface area contributed by atoms with Crippen LogP contribution in [-0.4, -0.2) is 52.0 Å². The van der Waals surface area contributed by atoms with E-state index in [1.807, 2.05) is 0 Å². The van der Waals surface area contributed by atoms with Crippen molar-refractivity contribution in [3.8, 4) is 5.69 Å². The molecule has 0 aliphatic carbocycles. The summed E-state index contributed by atoms with van der Waals surface area (Å²) >= 11 is 0. The Bertz CT molecular complexity index is 1240. The molecule has 186 valence electrons. The minimum absolute atomic E-state index is 0.00588. The second-order valence-electron chi connectivity index (χ2n) is 7.58. The lowest BCUT2D eigenvalue weighted by Gasteiger charge is -2.11. The third kappa shape index (κ3) is 6.21. The molecule has 0 aliphatic heterocycles. The van der Waals surface area contributed by atoms with Crippen molar-refractivity contribution >= 4 is 11.9 Å². The minimum atomic E-state index is -4.70. The van der Waals surface area contributed by atoms with Gasteiger partial charge in [-0.05, 0) is 42.8 Å². The lowest BCUT2D eigenvalue weighted by molar-refractivity contribution is -0.140. The summed E-state index contributed by atoms with van der Waals surface area (Å²) in [5, 5.41) is 15.9. The fourth-order valence-corrected chi connectivity index (χ4v) is 3.53. The van der Waals surface area contributed by atoms with Crippen LogP contribution in [0, 0.1) is 12.7 Å². The molecule has 0 atom stereocenters. The molecule has 0 saturated heterocycles. The van der Waals surface area contributed by atoms with Gasteiger partial charge in [-0.25, -0.2) is 9.07 Å². The highest BCUT2D eigenvalue weighted by atomic mass is 19.4. The molecule has 2 N–H and O–H groups in total. The van der Waals surface area contributed by atoms with Crippen molar-refractivity contribution in [2.24, 2.45) is 0 Å². The maximum atomic E-state index is 13.8. The quantitative estimate of drug-likeness (QED) is 0.369. The lowest BCUT2D eigenvalue weighted by Crippen LogP contribution is -2.28. The van der Waals surface area contributed by atoms with Gasteiger partial charge >= 0.3 is 12.1 Å². The van der Waals surface area contributed by atoms with E-state index in [0.717, 1.165) is 12.1 Å². The van der Waals surface area contributed by atoms with Gasteiger partial charge in [0.1, 0.15) is 5.82 Å². The molecule has 0 spiro atoms. The zero-order valence-electron chi connectivity index (χ0n) is 18.8. The fourth-order valence-electron chi connectivity index (χ4n) is 3.53. The molecule has 1 amide bonds. The number of ether oxygens (including phenoxy) is 1. The second kappa shape index (κ2) is 10.6. The number of carbonyl (C=O) groups excluding carboxylic acids is 2. The summed E-state index contributed by atoms with van der Waals surface area (Å²) in [4.78, 5) is 28.8. The number of aliphatic hydroxyl groups is 1. The number of nitrogens with zero attached hydrogens (tertiary/aromatic N) is 3. The van der Waals surface area contributed by atoms with E-state index in [4.69, 9.17) is 9.84 Å². The predicted molar refractivity (Wildman–Crippen MR) is 115 cm³/mol. The number of alkyl halides is 3. The van der Waals surface area contributed by atoms with Crippen molar-refractivity contribution in [1.82, 2.24) is 20.1 Å². The van der Waals surface area contributed by atoms with Crippen LogP contribution in [0.15, 0.2) is 36.5 Å². The number of rotatable bonds is 8. The smallest absolute Gasteiger partial charge is 0.416 e. The number of esters is 1. The van der Waals surface area contributed by atoms with Crippen LogP contribution in [0.1, 0.15) is 38.6 Å². The van der Waals surface area contributed by atoms with E-state index >= 15 is 0 Å². The normalized spacial score (nSPS) is 11.4. The summed E-state index contributed by atoms with van der Waals surface area (Å²) < 4.78 is 59.0. The van der Waals surface area contributed by atoms with Gasteiger partial charge in [-0.1, -0.05) is 0 Å². The number of halogens is 4. The molecule has 3 aromatic rings. The van der Waals surface area contributed by atoms with Crippen LogP contribution >= 0.6 is 0 Å². The van der Waals surface area contributed by atoms with Crippen LogP contribution in [0.2, 0.25) is 0 Å². The van der Waals surface area contributed by atoms with Gasteiger partial charge in [0, 0.05) is 24.9 Å². The third-order valence-corrected chi connectivity index (χ3v) is 5.03. The summed E-state index contributed by atoms with van der Waals surface area (Å²) in [5.74, 6) is -2.20. The van der Waals surface area contributed by atoms with Crippen molar-refractivity contribution in [3.63, 3.8) is 0 Å². The Morgan fingerprint density at radius 2 is 1.94 bits per heavy atom. The highest BCUT2D eigenvalue weighted by Gasteiger charge is 2.31. The first-order valence-electron chi connectivity index (χ1n) is 10.4. The molecule has 0 aliphatic rings. The number of hydrogen-bond donors (Lipinski definition) is 2. The summed E-state index contributed by atoms with van der Waals surface area (Å²) in [6.45, 7) is 1.28. The minimum Gasteiger partial charge on any atom is -0.469 e. The molecule has 0 fully saturated rings. The molecule has 35 heavy (non-hydrogen) atoms. The monoisotopic (exact) mass is 494 g/mol. The van der Waals surface area contributed by atoms with E-state index < -0.39 is 29.4 Å². The van der Waals surface area contributed by atoms with Gasteiger partial charge in [0.15, 0.2) is 0 Å². The van der Waals surface area contributed by atoms with Crippen LogP contribution in [-0.2, 0) is 28.5 Å². The van der Waals surface area contributed by atoms with Crippen LogP contribution in [0.5, 0.6) is 0 Å². The number of nitrogens with one attached hydrogen (secondary N) is 1. The number of hydrogen-bond acceptors (Lipinski definition) is 6. The van der Waals surface area contributed by atoms with Gasteiger partial charge in [0.05, 0.1) is 48.3 Å². The van der Waals surface area contributed by atoms with Gasteiger partial charge in [-0.3, -0.25) is 14.6 Å². The molecule has 0 unspecified atom stereocenters. The molecule has 2 heterocycles. The maximum absolute atomic E-state index is 13.8. The highest BCUT2D eigenvalue weighted by Crippen LogP contribution is 2.31. The number of pyridine rings is 1. The lowest BCUT2D eigenvalue weighted by atomic mass is 10.0. The molecule has 0 radical (unpaired) electrons. The first-order valence-corrected chi connectivity index (χ1v) is 10.4. The van der Waals surface area contributed by atoms with Crippen molar-refractivity contribution in [3.05, 3.63) is 76.1 Å². The number of amides is 1. The molecule has 3 rings (SSSR count). The van der Waals surface area contributed by atoms with E-state index in [2.05, 4.69) is 15.4 Å². The Hall–Kier alpha value is -3.80. The first kappa shape index (κ1) is 25.8. The Balaban J connectivity index is 2.02. The topological polar surface area (TPSA) is 106 Å². The van der Waals surface area contributed by atoms with Gasteiger partial charge in [-0.15, -0.1) is 0 Å². The maximum Gasteiger partial charge on any atom is 0.416 e. The van der Waals surface area contributed by atoms with Crippen molar-refractivity contribution in [2.45, 2.75) is 25.9 Å². The molecule has 1 aromatic carbocycles. The van der Waals surface area contributed by atoms with Gasteiger partial charge in [-0.2, -0.15) is 18.3 Å². The van der Waals surface area contributed by atoms with E-state index in [-0.39, 0.29) is 42.8 Å². The average molecular weight is 494 g/mol. The van der Waals surface area contributed by atoms with Crippen molar-refractivity contribution in [1.29, 1.82) is 0 Å². The fraction of sp³-hybridized carbons (Fsp3) is 0.304. The standard InChI is InChI=1S/C23H22F4N4O4/c1-13-21(22(34)29-5-6-32)19(12-20(33)35-2)31(30-13)18-3-4-28-17(11-18)9-14-7-15(23(25,26)27)10-16(24)8-14/h3-4,7-8,10-11,32H,5-6,9,12H2,1-2H3,(H,29,34). The highest BCUT2D eigenvalue weighted by molar-refractivity contribution is 5.97. The van der Waals surface area contributed by atoms with E-state index in [1.54, 1.807) is 13.0 Å². The Labute approximate surface area is 197 Å². The number of aliphatic hydroxyl groups excluding tert-OH is 1. The van der Waals surface area contributed by atoms with E-state index in [0.29, 0.717) is 23.1 Å². The molecule has 0 bridgehead atoms. The molecular formula is C23H22F4N4O4. The largest absolute Gasteiger partial charge is 0.469 e. The van der Waals surface area contributed by atoms with Crippen molar-refractivity contribution < 1.29 is 37.0 Å². The van der Waals surface area contributed by atoms with E-state index in [1.165, 1.54) is 24.1 Å². The molecule has 12 heteroatoms. The van der Waals surface area contributed by atoms with Gasteiger partial charge in [0.2, 0.25) is 0 Å². The molecule has 2 aromatic heterocycles. The van der Waals surface area contributed by atoms with Crippen molar-refractivity contribution in [2.75, 3.05) is 20.3 Å². The molecular weight excluding hydrogens is 472 g/mol. The average Bonchev–Trinajstić information content (AvgIpc) is 3.12.